The van der Waals surface area contributed by atoms with Crippen LogP contribution in [0.1, 0.15) is 44.4 Å². The SMILES string of the molecule is Cc1nnc2n1-c1cc(-c3cccc4c3ccn4C3CC3)cc(F)c1NC2(C)C. The van der Waals surface area contributed by atoms with E-state index in [4.69, 9.17) is 0 Å². The minimum absolute atomic E-state index is 0.261. The number of nitrogens with zero attached hydrogens (tertiary/aromatic N) is 4. The van der Waals surface area contributed by atoms with Gasteiger partial charge in [0.1, 0.15) is 11.6 Å². The first-order chi connectivity index (χ1) is 13.9. The Balaban J connectivity index is 1.59. The number of aryl methyl sites for hydroxylation is 1. The van der Waals surface area contributed by atoms with E-state index < -0.39 is 5.54 Å². The van der Waals surface area contributed by atoms with Gasteiger partial charge in [-0.2, -0.15) is 0 Å². The number of halogens is 1. The quantitative estimate of drug-likeness (QED) is 0.506. The van der Waals surface area contributed by atoms with Gasteiger partial charge in [0.2, 0.25) is 0 Å². The molecule has 2 aliphatic rings. The summed E-state index contributed by atoms with van der Waals surface area (Å²) < 4.78 is 19.6. The van der Waals surface area contributed by atoms with Gasteiger partial charge in [-0.15, -0.1) is 10.2 Å². The first kappa shape index (κ1) is 16.8. The predicted molar refractivity (Wildman–Crippen MR) is 112 cm³/mol. The van der Waals surface area contributed by atoms with E-state index in [1.807, 2.05) is 31.4 Å². The predicted octanol–water partition coefficient (Wildman–Crippen LogP) is 5.33. The number of nitrogens with one attached hydrogen (secondary N) is 1. The maximum atomic E-state index is 15.3. The molecule has 0 bridgehead atoms. The standard InChI is InChI=1S/C23H22FN5/c1-13-26-27-22-23(2,3)25-21-18(24)11-14(12-20(21)29(13)22)16-5-4-6-19-17(16)9-10-28(19)15-7-8-15/h4-6,9-12,15,25H,7-8H2,1-3H3. The van der Waals surface area contributed by atoms with Crippen LogP contribution in [0.3, 0.4) is 0 Å². The van der Waals surface area contributed by atoms with E-state index in [-0.39, 0.29) is 5.82 Å². The molecule has 0 spiro atoms. The Morgan fingerprint density at radius 2 is 1.97 bits per heavy atom. The van der Waals surface area contributed by atoms with Gasteiger partial charge in [-0.3, -0.25) is 4.57 Å². The van der Waals surface area contributed by atoms with Crippen molar-refractivity contribution >= 4 is 16.6 Å². The lowest BCUT2D eigenvalue weighted by Gasteiger charge is -2.34. The lowest BCUT2D eigenvalue weighted by atomic mass is 9.96. The first-order valence-electron chi connectivity index (χ1n) is 10.1. The van der Waals surface area contributed by atoms with Crippen molar-refractivity contribution in [1.29, 1.82) is 0 Å². The van der Waals surface area contributed by atoms with E-state index in [9.17, 15) is 0 Å². The minimum atomic E-state index is -0.502. The lowest BCUT2D eigenvalue weighted by molar-refractivity contribution is 0.522. The Kier molecular flexibility index (Phi) is 3.16. The average Bonchev–Trinajstić information content (AvgIpc) is 3.30. The fraction of sp³-hybridized carbons (Fsp3) is 0.304. The Morgan fingerprint density at radius 3 is 2.76 bits per heavy atom. The van der Waals surface area contributed by atoms with Gasteiger partial charge < -0.3 is 9.88 Å². The molecule has 0 atom stereocenters. The van der Waals surface area contributed by atoms with Crippen molar-refractivity contribution in [2.45, 2.75) is 45.2 Å². The maximum absolute atomic E-state index is 15.3. The average molecular weight is 387 g/mol. The number of benzene rings is 2. The summed E-state index contributed by atoms with van der Waals surface area (Å²) in [6.07, 6.45) is 4.63. The summed E-state index contributed by atoms with van der Waals surface area (Å²) in [5, 5.41) is 13.1. The van der Waals surface area contributed by atoms with Crippen LogP contribution in [0.2, 0.25) is 0 Å². The molecule has 146 valence electrons. The molecule has 0 radical (unpaired) electrons. The minimum Gasteiger partial charge on any atom is -0.369 e. The van der Waals surface area contributed by atoms with Crippen LogP contribution in [0.5, 0.6) is 0 Å². The van der Waals surface area contributed by atoms with Crippen molar-refractivity contribution in [2.75, 3.05) is 5.32 Å². The third-order valence-corrected chi connectivity index (χ3v) is 6.15. The third kappa shape index (κ3) is 2.32. The number of rotatable bonds is 2. The van der Waals surface area contributed by atoms with Gasteiger partial charge in [0.25, 0.3) is 0 Å². The third-order valence-electron chi connectivity index (χ3n) is 6.15. The molecule has 6 heteroatoms. The number of fused-ring (bicyclic) bond motifs is 4. The van der Waals surface area contributed by atoms with Crippen molar-refractivity contribution in [3.05, 3.63) is 60.1 Å². The fourth-order valence-electron chi connectivity index (χ4n) is 4.58. The molecule has 1 saturated carbocycles. The molecule has 1 aliphatic carbocycles. The van der Waals surface area contributed by atoms with Gasteiger partial charge in [-0.05, 0) is 69.0 Å². The molecule has 0 saturated heterocycles. The van der Waals surface area contributed by atoms with Crippen molar-refractivity contribution in [3.8, 4) is 16.8 Å². The first-order valence-corrected chi connectivity index (χ1v) is 10.1. The number of anilines is 1. The van der Waals surface area contributed by atoms with E-state index in [1.54, 1.807) is 6.07 Å². The Hall–Kier alpha value is -3.15. The summed E-state index contributed by atoms with van der Waals surface area (Å²) in [5.41, 5.74) is 3.87. The van der Waals surface area contributed by atoms with Crippen molar-refractivity contribution < 1.29 is 4.39 Å². The van der Waals surface area contributed by atoms with E-state index in [0.29, 0.717) is 11.7 Å². The molecule has 0 amide bonds. The molecule has 0 unspecified atom stereocenters. The Labute approximate surface area is 168 Å². The summed E-state index contributed by atoms with van der Waals surface area (Å²) in [6, 6.07) is 12.7. The van der Waals surface area contributed by atoms with Crippen LogP contribution in [-0.4, -0.2) is 19.3 Å². The number of hydrogen-bond acceptors (Lipinski definition) is 3. The lowest BCUT2D eigenvalue weighted by Crippen LogP contribution is -2.36. The summed E-state index contributed by atoms with van der Waals surface area (Å²) in [6.45, 7) is 5.89. The summed E-state index contributed by atoms with van der Waals surface area (Å²) in [5.74, 6) is 1.28. The normalized spacial score (nSPS) is 17.1. The highest BCUT2D eigenvalue weighted by Crippen LogP contribution is 2.43. The zero-order valence-corrected chi connectivity index (χ0v) is 16.7. The van der Waals surface area contributed by atoms with Crippen molar-refractivity contribution in [2.24, 2.45) is 0 Å². The van der Waals surface area contributed by atoms with Crippen molar-refractivity contribution in [1.82, 2.24) is 19.3 Å². The molecule has 2 aromatic heterocycles. The molecule has 3 heterocycles. The van der Waals surface area contributed by atoms with E-state index in [2.05, 4.69) is 50.5 Å². The highest BCUT2D eigenvalue weighted by molar-refractivity contribution is 5.96. The molecule has 1 N–H and O–H groups in total. The van der Waals surface area contributed by atoms with Crippen LogP contribution in [0.4, 0.5) is 10.1 Å². The summed E-state index contributed by atoms with van der Waals surface area (Å²) >= 11 is 0. The monoisotopic (exact) mass is 387 g/mol. The largest absolute Gasteiger partial charge is 0.369 e. The summed E-state index contributed by atoms with van der Waals surface area (Å²) in [7, 11) is 0. The van der Waals surface area contributed by atoms with Gasteiger partial charge in [0, 0.05) is 23.1 Å². The van der Waals surface area contributed by atoms with Crippen LogP contribution >= 0.6 is 0 Å². The molecule has 2 aromatic carbocycles. The number of hydrogen-bond donors (Lipinski definition) is 1. The summed E-state index contributed by atoms with van der Waals surface area (Å²) in [4.78, 5) is 0. The van der Waals surface area contributed by atoms with Crippen LogP contribution in [0, 0.1) is 12.7 Å². The molecule has 1 aliphatic heterocycles. The second-order valence-corrected chi connectivity index (χ2v) is 8.70. The van der Waals surface area contributed by atoms with E-state index in [1.165, 1.54) is 18.4 Å². The van der Waals surface area contributed by atoms with Crippen molar-refractivity contribution in [3.63, 3.8) is 0 Å². The van der Waals surface area contributed by atoms with Gasteiger partial charge >= 0.3 is 0 Å². The fourth-order valence-corrected chi connectivity index (χ4v) is 4.58. The van der Waals surface area contributed by atoms with E-state index >= 15 is 4.39 Å². The van der Waals surface area contributed by atoms with E-state index in [0.717, 1.165) is 33.8 Å². The van der Waals surface area contributed by atoms with Crippen LogP contribution in [-0.2, 0) is 5.54 Å². The molecule has 6 rings (SSSR count). The zero-order chi connectivity index (χ0) is 19.9. The Morgan fingerprint density at radius 1 is 1.14 bits per heavy atom. The second-order valence-electron chi connectivity index (χ2n) is 8.70. The van der Waals surface area contributed by atoms with Crippen LogP contribution < -0.4 is 5.32 Å². The van der Waals surface area contributed by atoms with Crippen LogP contribution in [0.25, 0.3) is 27.7 Å². The maximum Gasteiger partial charge on any atom is 0.162 e. The van der Waals surface area contributed by atoms with Gasteiger partial charge in [-0.25, -0.2) is 4.39 Å². The van der Waals surface area contributed by atoms with Gasteiger partial charge in [0.05, 0.1) is 16.9 Å². The molecular formula is C23H22FN5. The molecule has 29 heavy (non-hydrogen) atoms. The molecule has 4 aromatic rings. The topological polar surface area (TPSA) is 47.7 Å². The highest BCUT2D eigenvalue weighted by atomic mass is 19.1. The Bertz CT molecular complexity index is 1290. The molecule has 1 fully saturated rings. The molecular weight excluding hydrogens is 365 g/mol. The van der Waals surface area contributed by atoms with Gasteiger partial charge in [0.15, 0.2) is 5.82 Å². The number of aromatic nitrogens is 4. The smallest absolute Gasteiger partial charge is 0.162 e. The van der Waals surface area contributed by atoms with Crippen LogP contribution in [0.15, 0.2) is 42.6 Å². The highest BCUT2D eigenvalue weighted by Gasteiger charge is 2.36. The second kappa shape index (κ2) is 5.47. The molecule has 5 nitrogen and oxygen atoms in total. The zero-order valence-electron chi connectivity index (χ0n) is 16.7. The van der Waals surface area contributed by atoms with Gasteiger partial charge in [-0.1, -0.05) is 12.1 Å².